The molecule has 1 atom stereocenters. The van der Waals surface area contributed by atoms with Gasteiger partial charge >= 0.3 is 0 Å². The molecular formula is C18H19N3O2S. The van der Waals surface area contributed by atoms with E-state index in [9.17, 15) is 5.11 Å². The number of aliphatic hydroxyl groups is 1. The number of rotatable bonds is 7. The number of aromatic nitrogens is 2. The van der Waals surface area contributed by atoms with Crippen LogP contribution in [0.15, 0.2) is 54.0 Å². The third kappa shape index (κ3) is 4.17. The fourth-order valence-corrected chi connectivity index (χ4v) is 3.09. The maximum absolute atomic E-state index is 10.3. The summed E-state index contributed by atoms with van der Waals surface area (Å²) in [5.41, 5.74) is 2.65. The molecular weight excluding hydrogens is 322 g/mol. The van der Waals surface area contributed by atoms with Gasteiger partial charge in [-0.1, -0.05) is 18.2 Å². The topological polar surface area (TPSA) is 67.3 Å². The van der Waals surface area contributed by atoms with Crippen LogP contribution in [0.4, 0.5) is 0 Å². The van der Waals surface area contributed by atoms with E-state index in [1.54, 1.807) is 24.6 Å². The predicted octanol–water partition coefficient (Wildman–Crippen LogP) is 3.04. The van der Waals surface area contributed by atoms with E-state index in [2.05, 4.69) is 15.3 Å². The van der Waals surface area contributed by atoms with Gasteiger partial charge in [0.05, 0.1) is 24.6 Å². The number of hydrogen-bond acceptors (Lipinski definition) is 6. The van der Waals surface area contributed by atoms with Gasteiger partial charge in [-0.15, -0.1) is 11.3 Å². The molecule has 3 aromatic rings. The van der Waals surface area contributed by atoms with Gasteiger partial charge in [0, 0.05) is 24.7 Å². The largest absolute Gasteiger partial charge is 0.497 e. The van der Waals surface area contributed by atoms with Crippen LogP contribution in [0.2, 0.25) is 0 Å². The molecule has 0 radical (unpaired) electrons. The maximum Gasteiger partial charge on any atom is 0.142 e. The van der Waals surface area contributed by atoms with Crippen LogP contribution < -0.4 is 10.1 Å². The summed E-state index contributed by atoms with van der Waals surface area (Å²) in [7, 11) is 1.62. The molecule has 0 aliphatic carbocycles. The number of pyridine rings is 1. The van der Waals surface area contributed by atoms with E-state index in [1.165, 1.54) is 0 Å². The molecule has 1 unspecified atom stereocenters. The summed E-state index contributed by atoms with van der Waals surface area (Å²) in [5, 5.41) is 16.4. The summed E-state index contributed by atoms with van der Waals surface area (Å²) in [5.74, 6) is 0.742. The average molecular weight is 341 g/mol. The van der Waals surface area contributed by atoms with Crippen molar-refractivity contribution in [3.63, 3.8) is 0 Å². The van der Waals surface area contributed by atoms with Gasteiger partial charge in [-0.3, -0.25) is 4.98 Å². The molecule has 5 nitrogen and oxygen atoms in total. The van der Waals surface area contributed by atoms with Crippen LogP contribution in [-0.4, -0.2) is 28.7 Å². The first-order valence-electron chi connectivity index (χ1n) is 7.65. The highest BCUT2D eigenvalue weighted by atomic mass is 32.1. The minimum Gasteiger partial charge on any atom is -0.497 e. The van der Waals surface area contributed by atoms with Crippen molar-refractivity contribution in [1.82, 2.24) is 15.3 Å². The quantitative estimate of drug-likeness (QED) is 0.691. The third-order valence-corrected chi connectivity index (χ3v) is 4.47. The molecule has 24 heavy (non-hydrogen) atoms. The zero-order chi connectivity index (χ0) is 16.8. The van der Waals surface area contributed by atoms with Crippen LogP contribution >= 0.6 is 11.3 Å². The molecule has 0 aliphatic rings. The van der Waals surface area contributed by atoms with E-state index in [1.807, 2.05) is 47.8 Å². The molecule has 3 rings (SSSR count). The Bertz CT molecular complexity index is 777. The number of nitrogens with one attached hydrogen (secondary N) is 1. The highest BCUT2D eigenvalue weighted by molar-refractivity contribution is 7.13. The Hall–Kier alpha value is -2.28. The molecule has 124 valence electrons. The van der Waals surface area contributed by atoms with E-state index in [0.29, 0.717) is 13.1 Å². The second-order valence-electron chi connectivity index (χ2n) is 5.28. The van der Waals surface area contributed by atoms with Crippen LogP contribution in [0.3, 0.4) is 0 Å². The highest BCUT2D eigenvalue weighted by Crippen LogP contribution is 2.21. The van der Waals surface area contributed by atoms with Gasteiger partial charge in [0.2, 0.25) is 0 Å². The molecule has 2 heterocycles. The second kappa shape index (κ2) is 8.01. The number of ether oxygens (including phenoxy) is 1. The molecule has 0 spiro atoms. The molecule has 0 amide bonds. The lowest BCUT2D eigenvalue weighted by Gasteiger charge is -2.12. The summed E-state index contributed by atoms with van der Waals surface area (Å²) in [6.45, 7) is 1.05. The SMILES string of the molecule is COc1cccc(C(O)CNCc2csc(-c3ccccn3)n2)c1. The van der Waals surface area contributed by atoms with Crippen molar-refractivity contribution in [2.24, 2.45) is 0 Å². The number of thiazole rings is 1. The third-order valence-electron chi connectivity index (χ3n) is 3.56. The number of benzene rings is 1. The molecule has 0 bridgehead atoms. The lowest BCUT2D eigenvalue weighted by atomic mass is 10.1. The van der Waals surface area contributed by atoms with Crippen molar-refractivity contribution < 1.29 is 9.84 Å². The van der Waals surface area contributed by atoms with Gasteiger partial charge in [0.15, 0.2) is 0 Å². The maximum atomic E-state index is 10.3. The fraction of sp³-hybridized carbons (Fsp3) is 0.222. The van der Waals surface area contributed by atoms with E-state index >= 15 is 0 Å². The van der Waals surface area contributed by atoms with Gasteiger partial charge in [-0.05, 0) is 29.8 Å². The van der Waals surface area contributed by atoms with E-state index < -0.39 is 6.10 Å². The molecule has 0 saturated heterocycles. The lowest BCUT2D eigenvalue weighted by molar-refractivity contribution is 0.174. The predicted molar refractivity (Wildman–Crippen MR) is 95.0 cm³/mol. The Labute approximate surface area is 145 Å². The van der Waals surface area contributed by atoms with Gasteiger partial charge < -0.3 is 15.2 Å². The minimum absolute atomic E-state index is 0.448. The Kier molecular flexibility index (Phi) is 5.53. The Morgan fingerprint density at radius 1 is 1.25 bits per heavy atom. The van der Waals surface area contributed by atoms with Gasteiger partial charge in [0.25, 0.3) is 0 Å². The highest BCUT2D eigenvalue weighted by Gasteiger charge is 2.09. The van der Waals surface area contributed by atoms with Crippen LogP contribution in [0.5, 0.6) is 5.75 Å². The monoisotopic (exact) mass is 341 g/mol. The minimum atomic E-state index is -0.589. The van der Waals surface area contributed by atoms with Crippen molar-refractivity contribution >= 4 is 11.3 Å². The van der Waals surface area contributed by atoms with Crippen molar-refractivity contribution in [2.45, 2.75) is 12.6 Å². The van der Waals surface area contributed by atoms with E-state index in [-0.39, 0.29) is 0 Å². The first kappa shape index (κ1) is 16.6. The van der Waals surface area contributed by atoms with E-state index in [0.717, 1.165) is 27.7 Å². The summed E-state index contributed by atoms with van der Waals surface area (Å²) < 4.78 is 5.18. The zero-order valence-corrected chi connectivity index (χ0v) is 14.2. The molecule has 0 fully saturated rings. The van der Waals surface area contributed by atoms with Crippen LogP contribution in [0.25, 0.3) is 10.7 Å². The average Bonchev–Trinajstić information content (AvgIpc) is 3.11. The van der Waals surface area contributed by atoms with Crippen molar-refractivity contribution in [3.8, 4) is 16.5 Å². The smallest absolute Gasteiger partial charge is 0.142 e. The first-order valence-corrected chi connectivity index (χ1v) is 8.53. The molecule has 2 aromatic heterocycles. The molecule has 2 N–H and O–H groups in total. The second-order valence-corrected chi connectivity index (χ2v) is 6.14. The normalized spacial score (nSPS) is 12.1. The van der Waals surface area contributed by atoms with Crippen LogP contribution in [0, 0.1) is 0 Å². The summed E-state index contributed by atoms with van der Waals surface area (Å²) in [6.07, 6.45) is 1.17. The van der Waals surface area contributed by atoms with Gasteiger partial charge in [-0.2, -0.15) is 0 Å². The van der Waals surface area contributed by atoms with Gasteiger partial charge in [-0.25, -0.2) is 4.98 Å². The Morgan fingerprint density at radius 3 is 2.96 bits per heavy atom. The number of methoxy groups -OCH3 is 1. The first-order chi connectivity index (χ1) is 11.8. The fourth-order valence-electron chi connectivity index (χ4n) is 2.30. The number of aliphatic hydroxyl groups excluding tert-OH is 1. The molecule has 6 heteroatoms. The number of nitrogens with zero attached hydrogens (tertiary/aromatic N) is 2. The van der Waals surface area contributed by atoms with Gasteiger partial charge in [0.1, 0.15) is 10.8 Å². The summed E-state index contributed by atoms with van der Waals surface area (Å²) in [6, 6.07) is 13.2. The van der Waals surface area contributed by atoms with Crippen LogP contribution in [0.1, 0.15) is 17.4 Å². The van der Waals surface area contributed by atoms with E-state index in [4.69, 9.17) is 4.74 Å². The Balaban J connectivity index is 1.54. The summed E-state index contributed by atoms with van der Waals surface area (Å²) >= 11 is 1.57. The Morgan fingerprint density at radius 2 is 2.17 bits per heavy atom. The van der Waals surface area contributed by atoms with Crippen molar-refractivity contribution in [3.05, 3.63) is 65.3 Å². The molecule has 0 aliphatic heterocycles. The van der Waals surface area contributed by atoms with Crippen LogP contribution in [-0.2, 0) is 6.54 Å². The molecule has 0 saturated carbocycles. The number of hydrogen-bond donors (Lipinski definition) is 2. The zero-order valence-electron chi connectivity index (χ0n) is 13.3. The standard InChI is InChI=1S/C18H19N3O2S/c1-23-15-6-4-5-13(9-15)17(22)11-19-10-14-12-24-18(21-14)16-7-2-3-8-20-16/h2-9,12,17,19,22H,10-11H2,1H3. The summed E-state index contributed by atoms with van der Waals surface area (Å²) in [4.78, 5) is 8.87. The lowest BCUT2D eigenvalue weighted by Crippen LogP contribution is -2.21. The van der Waals surface area contributed by atoms with Crippen molar-refractivity contribution in [2.75, 3.05) is 13.7 Å². The van der Waals surface area contributed by atoms with Crippen molar-refractivity contribution in [1.29, 1.82) is 0 Å². The molecule has 1 aromatic carbocycles.